The lowest BCUT2D eigenvalue weighted by molar-refractivity contribution is 0.995. The first-order valence-corrected chi connectivity index (χ1v) is 7.08. The van der Waals surface area contributed by atoms with E-state index in [0.717, 1.165) is 21.0 Å². The second-order valence-corrected chi connectivity index (χ2v) is 5.99. The van der Waals surface area contributed by atoms with Gasteiger partial charge in [0, 0.05) is 18.1 Å². The summed E-state index contributed by atoms with van der Waals surface area (Å²) in [6, 6.07) is 0. The van der Waals surface area contributed by atoms with Gasteiger partial charge in [-0.1, -0.05) is 0 Å². The highest BCUT2D eigenvalue weighted by Gasteiger charge is 2.07. The van der Waals surface area contributed by atoms with Gasteiger partial charge in [-0.05, 0) is 29.8 Å². The Morgan fingerprint density at radius 2 is 2.11 bits per heavy atom. The summed E-state index contributed by atoms with van der Waals surface area (Å²) in [4.78, 5) is 14.2. The lowest BCUT2D eigenvalue weighted by atomic mass is 10.4. The van der Waals surface area contributed by atoms with Gasteiger partial charge >= 0.3 is 0 Å². The molecule has 0 saturated carbocycles. The Bertz CT molecular complexity index is 554. The average Bonchev–Trinajstić information content (AvgIpc) is 2.67. The minimum atomic E-state index is 0.590. The molecule has 0 amide bonds. The van der Waals surface area contributed by atoms with Crippen molar-refractivity contribution in [1.82, 2.24) is 15.0 Å². The number of nitrogens with one attached hydrogen (secondary N) is 2. The molecule has 7 heteroatoms. The van der Waals surface area contributed by atoms with Crippen molar-refractivity contribution in [2.75, 3.05) is 17.7 Å². The molecule has 18 heavy (non-hydrogen) atoms. The summed E-state index contributed by atoms with van der Waals surface area (Å²) in [5.74, 6) is 1.35. The van der Waals surface area contributed by atoms with Gasteiger partial charge in [-0.15, -0.1) is 11.3 Å². The normalized spacial score (nSPS) is 10.4. The molecule has 0 spiro atoms. The van der Waals surface area contributed by atoms with Crippen molar-refractivity contribution in [3.05, 3.63) is 26.2 Å². The molecule has 0 radical (unpaired) electrons. The number of aryl methyl sites for hydroxylation is 2. The van der Waals surface area contributed by atoms with E-state index in [0.29, 0.717) is 12.5 Å². The Labute approximate surface area is 118 Å². The van der Waals surface area contributed by atoms with Crippen molar-refractivity contribution in [2.24, 2.45) is 0 Å². The number of thiazole rings is 1. The van der Waals surface area contributed by atoms with Gasteiger partial charge in [-0.2, -0.15) is 4.98 Å². The van der Waals surface area contributed by atoms with Gasteiger partial charge in [-0.3, -0.25) is 0 Å². The second kappa shape index (κ2) is 5.62. The molecule has 96 valence electrons. The monoisotopic (exact) mass is 327 g/mol. The molecule has 0 saturated heterocycles. The number of halogens is 1. The minimum Gasteiger partial charge on any atom is -0.372 e. The van der Waals surface area contributed by atoms with E-state index in [2.05, 4.69) is 48.4 Å². The lowest BCUT2D eigenvalue weighted by Gasteiger charge is -2.06. The fourth-order valence-corrected chi connectivity index (χ4v) is 2.75. The van der Waals surface area contributed by atoms with Crippen LogP contribution in [0.1, 0.15) is 15.6 Å². The predicted molar refractivity (Wildman–Crippen MR) is 78.2 cm³/mol. The molecule has 0 aliphatic heterocycles. The summed E-state index contributed by atoms with van der Waals surface area (Å²) < 4.78 is 0.844. The average molecular weight is 328 g/mol. The van der Waals surface area contributed by atoms with Gasteiger partial charge in [0.1, 0.15) is 5.82 Å². The number of hydrogen-bond acceptors (Lipinski definition) is 6. The third-order valence-corrected chi connectivity index (χ3v) is 3.90. The Balaban J connectivity index is 2.08. The van der Waals surface area contributed by atoms with Crippen molar-refractivity contribution < 1.29 is 0 Å². The van der Waals surface area contributed by atoms with Gasteiger partial charge in [0.05, 0.1) is 21.7 Å². The molecule has 0 fully saturated rings. The maximum Gasteiger partial charge on any atom is 0.224 e. The summed E-state index contributed by atoms with van der Waals surface area (Å²) in [6.45, 7) is 4.72. The Kier molecular flexibility index (Phi) is 4.13. The van der Waals surface area contributed by atoms with Crippen molar-refractivity contribution in [1.29, 1.82) is 0 Å². The van der Waals surface area contributed by atoms with Crippen LogP contribution in [0.15, 0.2) is 10.7 Å². The van der Waals surface area contributed by atoms with Crippen LogP contribution in [0.25, 0.3) is 0 Å². The largest absolute Gasteiger partial charge is 0.372 e. The number of rotatable bonds is 4. The molecular formula is C11H14BrN5S. The summed E-state index contributed by atoms with van der Waals surface area (Å²) >= 11 is 5.08. The first kappa shape index (κ1) is 13.2. The number of anilines is 2. The molecule has 0 atom stereocenters. The summed E-state index contributed by atoms with van der Waals surface area (Å²) in [5.41, 5.74) is 1.05. The van der Waals surface area contributed by atoms with Crippen molar-refractivity contribution in [2.45, 2.75) is 20.4 Å². The van der Waals surface area contributed by atoms with Crippen LogP contribution in [0.5, 0.6) is 0 Å². The van der Waals surface area contributed by atoms with Gasteiger partial charge in [0.2, 0.25) is 5.95 Å². The van der Waals surface area contributed by atoms with Crippen molar-refractivity contribution in [3.63, 3.8) is 0 Å². The van der Waals surface area contributed by atoms with E-state index in [4.69, 9.17) is 0 Å². The van der Waals surface area contributed by atoms with Crippen LogP contribution in [0.4, 0.5) is 11.8 Å². The zero-order valence-corrected chi connectivity index (χ0v) is 12.8. The van der Waals surface area contributed by atoms with E-state index in [9.17, 15) is 0 Å². The second-order valence-electron chi connectivity index (χ2n) is 3.73. The van der Waals surface area contributed by atoms with E-state index in [-0.39, 0.29) is 0 Å². The molecule has 5 nitrogen and oxygen atoms in total. The highest BCUT2D eigenvalue weighted by Crippen LogP contribution is 2.20. The zero-order chi connectivity index (χ0) is 13.1. The summed E-state index contributed by atoms with van der Waals surface area (Å²) in [5, 5.41) is 7.26. The highest BCUT2D eigenvalue weighted by atomic mass is 79.9. The molecule has 2 N–H and O–H groups in total. The lowest BCUT2D eigenvalue weighted by Crippen LogP contribution is -2.06. The minimum absolute atomic E-state index is 0.590. The molecule has 0 unspecified atom stereocenters. The standard InChI is InChI=1S/C11H14BrN5S/c1-6-9(16-7(2)18-6)5-15-11-14-4-8(12)10(13-3)17-11/h4H,5H2,1-3H3,(H2,13,14,15,17). The van der Waals surface area contributed by atoms with Crippen LogP contribution in [-0.4, -0.2) is 22.0 Å². The summed E-state index contributed by atoms with van der Waals surface area (Å²) in [7, 11) is 1.82. The number of hydrogen-bond donors (Lipinski definition) is 2. The van der Waals surface area contributed by atoms with Crippen LogP contribution < -0.4 is 10.6 Å². The van der Waals surface area contributed by atoms with E-state index >= 15 is 0 Å². The molecule has 2 aromatic heterocycles. The Hall–Kier alpha value is -1.21. The molecule has 2 aromatic rings. The van der Waals surface area contributed by atoms with E-state index in [1.165, 1.54) is 4.88 Å². The SMILES string of the molecule is CNc1nc(NCc2nc(C)sc2C)ncc1Br. The van der Waals surface area contributed by atoms with Gasteiger partial charge in [-0.25, -0.2) is 9.97 Å². The maximum absolute atomic E-state index is 4.46. The van der Waals surface area contributed by atoms with Crippen LogP contribution in [0.3, 0.4) is 0 Å². The fraction of sp³-hybridized carbons (Fsp3) is 0.364. The Morgan fingerprint density at radius 3 is 2.72 bits per heavy atom. The van der Waals surface area contributed by atoms with Gasteiger partial charge in [0.15, 0.2) is 0 Å². The van der Waals surface area contributed by atoms with Crippen molar-refractivity contribution in [3.8, 4) is 0 Å². The van der Waals surface area contributed by atoms with Gasteiger partial charge in [0.25, 0.3) is 0 Å². The molecule has 2 rings (SSSR count). The fourth-order valence-electron chi connectivity index (χ4n) is 1.53. The van der Waals surface area contributed by atoms with Crippen LogP contribution in [-0.2, 0) is 6.54 Å². The van der Waals surface area contributed by atoms with Crippen LogP contribution in [0, 0.1) is 13.8 Å². The molecule has 0 aliphatic rings. The van der Waals surface area contributed by atoms with Crippen LogP contribution >= 0.6 is 27.3 Å². The van der Waals surface area contributed by atoms with E-state index in [1.54, 1.807) is 17.5 Å². The number of nitrogens with zero attached hydrogens (tertiary/aromatic N) is 3. The molecule has 0 bridgehead atoms. The first-order valence-electron chi connectivity index (χ1n) is 5.47. The molecule has 2 heterocycles. The van der Waals surface area contributed by atoms with Crippen molar-refractivity contribution >= 4 is 39.0 Å². The Morgan fingerprint density at radius 1 is 1.33 bits per heavy atom. The smallest absolute Gasteiger partial charge is 0.224 e. The quantitative estimate of drug-likeness (QED) is 0.903. The van der Waals surface area contributed by atoms with E-state index in [1.807, 2.05) is 14.0 Å². The van der Waals surface area contributed by atoms with Crippen LogP contribution in [0.2, 0.25) is 0 Å². The summed E-state index contributed by atoms with van der Waals surface area (Å²) in [6.07, 6.45) is 1.72. The molecular weight excluding hydrogens is 314 g/mol. The van der Waals surface area contributed by atoms with E-state index < -0.39 is 0 Å². The third kappa shape index (κ3) is 2.97. The maximum atomic E-state index is 4.46. The topological polar surface area (TPSA) is 62.7 Å². The molecule has 0 aromatic carbocycles. The zero-order valence-electron chi connectivity index (χ0n) is 10.4. The molecule has 0 aliphatic carbocycles. The third-order valence-electron chi connectivity index (χ3n) is 2.39. The van der Waals surface area contributed by atoms with Gasteiger partial charge < -0.3 is 10.6 Å². The predicted octanol–water partition coefficient (Wildman–Crippen LogP) is 2.97. The number of aromatic nitrogens is 3. The highest BCUT2D eigenvalue weighted by molar-refractivity contribution is 9.10. The first-order chi connectivity index (χ1) is 8.60.